The number of hydrogen-bond donors (Lipinski definition) is 1. The van der Waals surface area contributed by atoms with Gasteiger partial charge in [0.05, 0.1) is 0 Å². The van der Waals surface area contributed by atoms with Gasteiger partial charge in [-0.25, -0.2) is 0 Å². The maximum Gasteiger partial charge on any atom is 0.0298 e. The summed E-state index contributed by atoms with van der Waals surface area (Å²) in [6.07, 6.45) is 12.1. The van der Waals surface area contributed by atoms with Gasteiger partial charge in [-0.2, -0.15) is 0 Å². The van der Waals surface area contributed by atoms with E-state index < -0.39 is 0 Å². The second-order valence-electron chi connectivity index (χ2n) is 4.13. The number of allylic oxidation sites excluding steroid dienone is 1. The summed E-state index contributed by atoms with van der Waals surface area (Å²) in [6, 6.07) is 5.09. The van der Waals surface area contributed by atoms with Crippen LogP contribution in [0.1, 0.15) is 37.8 Å². The van der Waals surface area contributed by atoms with Crippen molar-refractivity contribution in [1.82, 2.24) is 10.3 Å². The lowest BCUT2D eigenvalue weighted by atomic mass is 10.0. The van der Waals surface area contributed by atoms with Gasteiger partial charge >= 0.3 is 0 Å². The first-order valence-electron chi connectivity index (χ1n) is 5.69. The summed E-state index contributed by atoms with van der Waals surface area (Å²) in [5, 5.41) is 3.62. The average molecular weight is 202 g/mol. The number of nitrogens with one attached hydrogen (secondary N) is 1. The SMILES string of the molecule is C[C@H](NC1C=CCCC1)c1ccncc1. The Bertz CT molecular complexity index is 319. The summed E-state index contributed by atoms with van der Waals surface area (Å²) < 4.78 is 0. The second kappa shape index (κ2) is 5.08. The molecule has 1 heterocycles. The summed E-state index contributed by atoms with van der Waals surface area (Å²) >= 11 is 0. The lowest BCUT2D eigenvalue weighted by Crippen LogP contribution is -2.30. The highest BCUT2D eigenvalue weighted by atomic mass is 14.9. The smallest absolute Gasteiger partial charge is 0.0298 e. The van der Waals surface area contributed by atoms with E-state index in [1.165, 1.54) is 24.8 Å². The topological polar surface area (TPSA) is 24.9 Å². The summed E-state index contributed by atoms with van der Waals surface area (Å²) in [7, 11) is 0. The number of rotatable bonds is 3. The molecule has 0 saturated heterocycles. The van der Waals surface area contributed by atoms with Gasteiger partial charge in [0.1, 0.15) is 0 Å². The van der Waals surface area contributed by atoms with Crippen molar-refractivity contribution < 1.29 is 0 Å². The Kier molecular flexibility index (Phi) is 3.51. The lowest BCUT2D eigenvalue weighted by Gasteiger charge is -2.23. The van der Waals surface area contributed by atoms with Crippen LogP contribution < -0.4 is 5.32 Å². The Hall–Kier alpha value is -1.15. The van der Waals surface area contributed by atoms with Gasteiger partial charge in [-0.1, -0.05) is 12.2 Å². The Balaban J connectivity index is 1.94. The Morgan fingerprint density at radius 1 is 1.40 bits per heavy atom. The van der Waals surface area contributed by atoms with Crippen LogP contribution in [0.4, 0.5) is 0 Å². The zero-order valence-electron chi connectivity index (χ0n) is 9.19. The summed E-state index contributed by atoms with van der Waals surface area (Å²) in [6.45, 7) is 2.21. The second-order valence-corrected chi connectivity index (χ2v) is 4.13. The van der Waals surface area contributed by atoms with Gasteiger partial charge in [-0.3, -0.25) is 4.98 Å². The molecule has 1 aliphatic carbocycles. The van der Waals surface area contributed by atoms with Crippen LogP contribution in [-0.2, 0) is 0 Å². The molecule has 0 bridgehead atoms. The Morgan fingerprint density at radius 3 is 2.87 bits per heavy atom. The van der Waals surface area contributed by atoms with Crippen molar-refractivity contribution in [2.24, 2.45) is 0 Å². The minimum absolute atomic E-state index is 0.403. The molecule has 0 radical (unpaired) electrons. The number of aromatic nitrogens is 1. The van der Waals surface area contributed by atoms with Crippen LogP contribution in [0.15, 0.2) is 36.7 Å². The van der Waals surface area contributed by atoms with E-state index in [0.717, 1.165) is 0 Å². The van der Waals surface area contributed by atoms with E-state index in [4.69, 9.17) is 0 Å². The molecule has 1 aliphatic rings. The molecule has 2 heteroatoms. The van der Waals surface area contributed by atoms with Crippen molar-refractivity contribution in [3.63, 3.8) is 0 Å². The fourth-order valence-electron chi connectivity index (χ4n) is 2.02. The van der Waals surface area contributed by atoms with E-state index in [2.05, 4.69) is 41.5 Å². The van der Waals surface area contributed by atoms with E-state index in [0.29, 0.717) is 12.1 Å². The van der Waals surface area contributed by atoms with E-state index in [1.807, 2.05) is 12.4 Å². The highest BCUT2D eigenvalue weighted by Crippen LogP contribution is 2.16. The molecule has 1 aromatic rings. The zero-order chi connectivity index (χ0) is 10.5. The zero-order valence-corrected chi connectivity index (χ0v) is 9.19. The molecule has 1 N–H and O–H groups in total. The molecule has 80 valence electrons. The molecule has 0 aliphatic heterocycles. The fraction of sp³-hybridized carbons (Fsp3) is 0.462. The van der Waals surface area contributed by atoms with Crippen molar-refractivity contribution >= 4 is 0 Å². The van der Waals surface area contributed by atoms with Gasteiger partial charge in [-0.05, 0) is 43.9 Å². The third-order valence-electron chi connectivity index (χ3n) is 2.92. The maximum absolute atomic E-state index is 4.03. The predicted molar refractivity (Wildman–Crippen MR) is 62.6 cm³/mol. The largest absolute Gasteiger partial charge is 0.304 e. The molecule has 2 rings (SSSR count). The molecule has 0 saturated carbocycles. The summed E-state index contributed by atoms with van der Waals surface area (Å²) in [5.41, 5.74) is 1.31. The van der Waals surface area contributed by atoms with E-state index in [-0.39, 0.29) is 0 Å². The molecule has 0 fully saturated rings. The van der Waals surface area contributed by atoms with Crippen LogP contribution in [0.3, 0.4) is 0 Å². The van der Waals surface area contributed by atoms with Crippen molar-refractivity contribution in [1.29, 1.82) is 0 Å². The van der Waals surface area contributed by atoms with Crippen LogP contribution in [0.25, 0.3) is 0 Å². The lowest BCUT2D eigenvalue weighted by molar-refractivity contribution is 0.467. The van der Waals surface area contributed by atoms with Crippen LogP contribution in [-0.4, -0.2) is 11.0 Å². The quantitative estimate of drug-likeness (QED) is 0.762. The third kappa shape index (κ3) is 2.90. The molecule has 1 unspecified atom stereocenters. The highest BCUT2D eigenvalue weighted by molar-refractivity contribution is 5.15. The molecule has 2 atom stereocenters. The van der Waals surface area contributed by atoms with Crippen molar-refractivity contribution in [2.75, 3.05) is 0 Å². The number of hydrogen-bond acceptors (Lipinski definition) is 2. The number of nitrogens with zero attached hydrogens (tertiary/aromatic N) is 1. The first-order chi connectivity index (χ1) is 7.36. The van der Waals surface area contributed by atoms with Gasteiger partial charge in [0.2, 0.25) is 0 Å². The molecule has 0 spiro atoms. The van der Waals surface area contributed by atoms with Crippen LogP contribution >= 0.6 is 0 Å². The first kappa shape index (κ1) is 10.4. The minimum atomic E-state index is 0.403. The molecular formula is C13H18N2. The van der Waals surface area contributed by atoms with Crippen LogP contribution in [0.5, 0.6) is 0 Å². The molecule has 0 amide bonds. The Morgan fingerprint density at radius 2 is 2.20 bits per heavy atom. The molecule has 15 heavy (non-hydrogen) atoms. The van der Waals surface area contributed by atoms with Crippen molar-refractivity contribution in [2.45, 2.75) is 38.3 Å². The molecular weight excluding hydrogens is 184 g/mol. The van der Waals surface area contributed by atoms with E-state index in [1.54, 1.807) is 0 Å². The number of pyridine rings is 1. The van der Waals surface area contributed by atoms with Crippen LogP contribution in [0, 0.1) is 0 Å². The van der Waals surface area contributed by atoms with Gasteiger partial charge in [0, 0.05) is 24.5 Å². The van der Waals surface area contributed by atoms with Crippen LogP contribution in [0.2, 0.25) is 0 Å². The summed E-state index contributed by atoms with van der Waals surface area (Å²) in [5.74, 6) is 0. The minimum Gasteiger partial charge on any atom is -0.304 e. The monoisotopic (exact) mass is 202 g/mol. The average Bonchev–Trinajstić information content (AvgIpc) is 2.31. The fourth-order valence-corrected chi connectivity index (χ4v) is 2.02. The van der Waals surface area contributed by atoms with Gasteiger partial charge in [-0.15, -0.1) is 0 Å². The van der Waals surface area contributed by atoms with Crippen molar-refractivity contribution in [3.05, 3.63) is 42.2 Å². The highest BCUT2D eigenvalue weighted by Gasteiger charge is 2.12. The molecule has 2 nitrogen and oxygen atoms in total. The van der Waals surface area contributed by atoms with Gasteiger partial charge < -0.3 is 5.32 Å². The molecule has 0 aromatic carbocycles. The Labute approximate surface area is 91.4 Å². The normalized spacial score (nSPS) is 22.6. The third-order valence-corrected chi connectivity index (χ3v) is 2.92. The van der Waals surface area contributed by atoms with E-state index >= 15 is 0 Å². The van der Waals surface area contributed by atoms with Crippen molar-refractivity contribution in [3.8, 4) is 0 Å². The van der Waals surface area contributed by atoms with E-state index in [9.17, 15) is 0 Å². The molecule has 1 aromatic heterocycles. The standard InChI is InChI=1S/C13H18N2/c1-11(12-7-9-14-10-8-12)15-13-5-3-2-4-6-13/h3,5,7-11,13,15H,2,4,6H2,1H3/t11-,13?/m0/s1. The first-order valence-corrected chi connectivity index (χ1v) is 5.69. The maximum atomic E-state index is 4.03. The predicted octanol–water partition coefficient (Wildman–Crippen LogP) is 2.84. The van der Waals surface area contributed by atoms with Gasteiger partial charge in [0.15, 0.2) is 0 Å². The van der Waals surface area contributed by atoms with Gasteiger partial charge in [0.25, 0.3) is 0 Å². The summed E-state index contributed by atoms with van der Waals surface area (Å²) in [4.78, 5) is 4.03.